The maximum atomic E-state index is 12.1. The van der Waals surface area contributed by atoms with E-state index in [2.05, 4.69) is 5.16 Å². The number of hydrogen-bond acceptors (Lipinski definition) is 5. The first-order chi connectivity index (χ1) is 9.02. The van der Waals surface area contributed by atoms with Crippen LogP contribution < -0.4 is 0 Å². The average Bonchev–Trinajstić information content (AvgIpc) is 2.95. The highest BCUT2D eigenvalue weighted by atomic mass is 16.5. The van der Waals surface area contributed by atoms with E-state index in [4.69, 9.17) is 14.4 Å². The zero-order valence-corrected chi connectivity index (χ0v) is 10.8. The molecule has 1 N–H and O–H groups in total. The highest BCUT2D eigenvalue weighted by Gasteiger charge is 2.37. The normalized spacial score (nSPS) is 22.7. The molecule has 1 aliphatic heterocycles. The molecule has 0 spiro atoms. The molecule has 0 radical (unpaired) electrons. The Hall–Kier alpha value is -1.89. The summed E-state index contributed by atoms with van der Waals surface area (Å²) in [6.45, 7) is 2.70. The average molecular weight is 268 g/mol. The van der Waals surface area contributed by atoms with Crippen LogP contribution in [0.3, 0.4) is 0 Å². The summed E-state index contributed by atoms with van der Waals surface area (Å²) in [6.07, 6.45) is 0. The number of hydrogen-bond donors (Lipinski definition) is 1. The van der Waals surface area contributed by atoms with Gasteiger partial charge in [-0.05, 0) is 5.92 Å². The molecule has 2 atom stereocenters. The quantitative estimate of drug-likeness (QED) is 0.860. The number of likely N-dealkylation sites (tertiary alicyclic amines) is 1. The van der Waals surface area contributed by atoms with Gasteiger partial charge in [0.15, 0.2) is 11.5 Å². The molecule has 2 heterocycles. The Morgan fingerprint density at radius 3 is 2.89 bits per heavy atom. The van der Waals surface area contributed by atoms with Crippen LogP contribution >= 0.6 is 0 Å². The lowest BCUT2D eigenvalue weighted by atomic mass is 9.99. The van der Waals surface area contributed by atoms with Crippen LogP contribution in [0.15, 0.2) is 10.6 Å². The Kier molecular flexibility index (Phi) is 3.84. The van der Waals surface area contributed by atoms with Gasteiger partial charge in [-0.3, -0.25) is 9.59 Å². The molecule has 7 nitrogen and oxygen atoms in total. The summed E-state index contributed by atoms with van der Waals surface area (Å²) >= 11 is 0. The summed E-state index contributed by atoms with van der Waals surface area (Å²) in [6, 6.07) is 1.52. The fraction of sp³-hybridized carbons (Fsp3) is 0.583. The monoisotopic (exact) mass is 268 g/mol. The molecule has 1 fully saturated rings. The van der Waals surface area contributed by atoms with Crippen LogP contribution in [-0.2, 0) is 16.1 Å². The van der Waals surface area contributed by atoms with Gasteiger partial charge in [-0.1, -0.05) is 12.1 Å². The minimum Gasteiger partial charge on any atom is -0.481 e. The number of aromatic nitrogens is 1. The van der Waals surface area contributed by atoms with Gasteiger partial charge < -0.3 is 19.3 Å². The number of aliphatic carboxylic acids is 1. The topological polar surface area (TPSA) is 92.9 Å². The van der Waals surface area contributed by atoms with Crippen LogP contribution in [-0.4, -0.2) is 47.2 Å². The summed E-state index contributed by atoms with van der Waals surface area (Å²) in [7, 11) is 1.52. The first-order valence-corrected chi connectivity index (χ1v) is 5.99. The van der Waals surface area contributed by atoms with Crippen LogP contribution in [0, 0.1) is 11.8 Å². The Labute approximate surface area is 110 Å². The third kappa shape index (κ3) is 2.76. The van der Waals surface area contributed by atoms with E-state index in [1.54, 1.807) is 0 Å². The first kappa shape index (κ1) is 13.5. The van der Waals surface area contributed by atoms with Gasteiger partial charge in [-0.25, -0.2) is 0 Å². The number of rotatable bonds is 4. The van der Waals surface area contributed by atoms with Crippen LogP contribution in [0.2, 0.25) is 0 Å². The zero-order valence-electron chi connectivity index (χ0n) is 10.8. The number of methoxy groups -OCH3 is 1. The fourth-order valence-electron chi connectivity index (χ4n) is 2.24. The standard InChI is InChI=1S/C12H16N2O5/c1-7-4-14(5-9(7)12(16)17)11(15)10-3-8(6-18-2)19-13-10/h3,7,9H,4-6H2,1-2H3,(H,16,17)/t7-,9-/m1/s1. The minimum absolute atomic E-state index is 0.0632. The molecular formula is C12H16N2O5. The second-order valence-corrected chi connectivity index (χ2v) is 4.74. The number of ether oxygens (including phenoxy) is 1. The van der Waals surface area contributed by atoms with Gasteiger partial charge in [0.1, 0.15) is 6.61 Å². The van der Waals surface area contributed by atoms with Gasteiger partial charge in [-0.2, -0.15) is 0 Å². The van der Waals surface area contributed by atoms with Crippen molar-refractivity contribution in [2.45, 2.75) is 13.5 Å². The molecule has 0 unspecified atom stereocenters. The van der Waals surface area contributed by atoms with Crippen molar-refractivity contribution in [1.82, 2.24) is 10.1 Å². The summed E-state index contributed by atoms with van der Waals surface area (Å²) < 4.78 is 9.82. The second kappa shape index (κ2) is 5.40. The van der Waals surface area contributed by atoms with E-state index in [-0.39, 0.29) is 30.7 Å². The SMILES string of the molecule is COCc1cc(C(=O)N2C[C@@H](C)[C@H](C(=O)O)C2)no1. The molecule has 1 saturated heterocycles. The molecule has 0 saturated carbocycles. The van der Waals surface area contributed by atoms with E-state index in [9.17, 15) is 9.59 Å². The van der Waals surface area contributed by atoms with Crippen molar-refractivity contribution in [2.75, 3.05) is 20.2 Å². The van der Waals surface area contributed by atoms with Crippen molar-refractivity contribution in [3.63, 3.8) is 0 Å². The van der Waals surface area contributed by atoms with E-state index < -0.39 is 11.9 Å². The van der Waals surface area contributed by atoms with Gasteiger partial charge >= 0.3 is 5.97 Å². The van der Waals surface area contributed by atoms with Gasteiger partial charge in [0.25, 0.3) is 5.91 Å². The highest BCUT2D eigenvalue weighted by Crippen LogP contribution is 2.24. The predicted molar refractivity (Wildman–Crippen MR) is 63.4 cm³/mol. The summed E-state index contributed by atoms with van der Waals surface area (Å²) in [4.78, 5) is 24.7. The van der Waals surface area contributed by atoms with Crippen LogP contribution in [0.25, 0.3) is 0 Å². The van der Waals surface area contributed by atoms with Crippen LogP contribution in [0.4, 0.5) is 0 Å². The molecule has 0 aromatic carbocycles. The Morgan fingerprint density at radius 1 is 1.58 bits per heavy atom. The van der Waals surface area contributed by atoms with Crippen molar-refractivity contribution in [1.29, 1.82) is 0 Å². The largest absolute Gasteiger partial charge is 0.481 e. The summed E-state index contributed by atoms with van der Waals surface area (Å²) in [5, 5.41) is 12.7. The van der Waals surface area contributed by atoms with Crippen molar-refractivity contribution in [3.05, 3.63) is 17.5 Å². The summed E-state index contributed by atoms with van der Waals surface area (Å²) in [5.41, 5.74) is 0.185. The Balaban J connectivity index is 2.06. The maximum Gasteiger partial charge on any atom is 0.308 e. The molecular weight excluding hydrogens is 252 g/mol. The number of carbonyl (C=O) groups excluding carboxylic acids is 1. The van der Waals surface area contributed by atoms with Crippen molar-refractivity contribution in [2.24, 2.45) is 11.8 Å². The second-order valence-electron chi connectivity index (χ2n) is 4.74. The lowest BCUT2D eigenvalue weighted by molar-refractivity contribution is -0.142. The van der Waals surface area contributed by atoms with Crippen LogP contribution in [0.1, 0.15) is 23.2 Å². The molecule has 1 aliphatic rings. The Bertz CT molecular complexity index is 484. The molecule has 1 aromatic heterocycles. The van der Waals surface area contributed by atoms with Gasteiger partial charge in [0.05, 0.1) is 5.92 Å². The molecule has 104 valence electrons. The highest BCUT2D eigenvalue weighted by molar-refractivity contribution is 5.93. The van der Waals surface area contributed by atoms with Gasteiger partial charge in [0.2, 0.25) is 0 Å². The van der Waals surface area contributed by atoms with Crippen molar-refractivity contribution >= 4 is 11.9 Å². The van der Waals surface area contributed by atoms with Gasteiger partial charge in [0, 0.05) is 26.3 Å². The van der Waals surface area contributed by atoms with Crippen LogP contribution in [0.5, 0.6) is 0 Å². The molecule has 2 rings (SSSR count). The third-order valence-electron chi connectivity index (χ3n) is 3.28. The number of carbonyl (C=O) groups is 2. The molecule has 0 bridgehead atoms. The maximum absolute atomic E-state index is 12.1. The van der Waals surface area contributed by atoms with E-state index in [1.807, 2.05) is 6.92 Å². The number of nitrogens with zero attached hydrogens (tertiary/aromatic N) is 2. The van der Waals surface area contributed by atoms with Crippen molar-refractivity contribution < 1.29 is 24.0 Å². The lowest BCUT2D eigenvalue weighted by Gasteiger charge is -2.13. The lowest BCUT2D eigenvalue weighted by Crippen LogP contribution is -2.30. The molecule has 19 heavy (non-hydrogen) atoms. The zero-order chi connectivity index (χ0) is 14.0. The minimum atomic E-state index is -0.872. The fourth-order valence-corrected chi connectivity index (χ4v) is 2.24. The molecule has 1 aromatic rings. The predicted octanol–water partition coefficient (Wildman–Crippen LogP) is 0.614. The molecule has 0 aliphatic carbocycles. The van der Waals surface area contributed by atoms with Crippen molar-refractivity contribution in [3.8, 4) is 0 Å². The number of carboxylic acids is 1. The third-order valence-corrected chi connectivity index (χ3v) is 3.28. The molecule has 7 heteroatoms. The van der Waals surface area contributed by atoms with E-state index in [0.29, 0.717) is 12.3 Å². The van der Waals surface area contributed by atoms with E-state index in [1.165, 1.54) is 18.1 Å². The van der Waals surface area contributed by atoms with E-state index >= 15 is 0 Å². The number of amides is 1. The smallest absolute Gasteiger partial charge is 0.308 e. The van der Waals surface area contributed by atoms with E-state index in [0.717, 1.165) is 0 Å². The first-order valence-electron chi connectivity index (χ1n) is 5.99. The Morgan fingerprint density at radius 2 is 2.32 bits per heavy atom. The molecule has 1 amide bonds. The summed E-state index contributed by atoms with van der Waals surface area (Å²) in [5.74, 6) is -1.29. The number of carboxylic acid groups (broad SMARTS) is 1. The van der Waals surface area contributed by atoms with Gasteiger partial charge in [-0.15, -0.1) is 0 Å².